The highest BCUT2D eigenvalue weighted by molar-refractivity contribution is 7.10. The van der Waals surface area contributed by atoms with Crippen molar-refractivity contribution in [3.8, 4) is 0 Å². The van der Waals surface area contributed by atoms with Crippen LogP contribution in [0.5, 0.6) is 0 Å². The molecule has 2 aliphatic rings. The monoisotopic (exact) mass is 442 g/mol. The van der Waals surface area contributed by atoms with E-state index in [4.69, 9.17) is 9.31 Å². The topological polar surface area (TPSA) is 69.0 Å². The van der Waals surface area contributed by atoms with E-state index in [0.717, 1.165) is 21.8 Å². The Morgan fingerprint density at radius 3 is 2.71 bits per heavy atom. The van der Waals surface area contributed by atoms with E-state index in [1.54, 1.807) is 27.9 Å². The van der Waals surface area contributed by atoms with Gasteiger partial charge in [-0.15, -0.1) is 11.3 Å². The van der Waals surface area contributed by atoms with Gasteiger partial charge in [0, 0.05) is 23.8 Å². The molecule has 5 heterocycles. The molecule has 3 aromatic heterocycles. The number of nitrogens with zero attached hydrogens (tertiary/aromatic N) is 4. The van der Waals surface area contributed by atoms with E-state index in [2.05, 4.69) is 10.1 Å². The van der Waals surface area contributed by atoms with Gasteiger partial charge in [-0.25, -0.2) is 9.50 Å². The first kappa shape index (κ1) is 20.6. The minimum absolute atomic E-state index is 0.205. The summed E-state index contributed by atoms with van der Waals surface area (Å²) in [5, 5.41) is 4.39. The van der Waals surface area contributed by atoms with Crippen LogP contribution < -0.4 is 5.59 Å². The van der Waals surface area contributed by atoms with Crippen LogP contribution in [-0.4, -0.2) is 50.3 Å². The summed E-state index contributed by atoms with van der Waals surface area (Å²) < 4.78 is 27.8. The molecule has 5 rings (SSSR count). The number of carbonyl (C=O) groups is 1. The first-order valence-electron chi connectivity index (χ1n) is 10.4. The van der Waals surface area contributed by atoms with Gasteiger partial charge in [0.05, 0.1) is 17.2 Å². The number of amides is 1. The number of rotatable bonds is 2. The molecule has 162 valence electrons. The lowest BCUT2D eigenvalue weighted by atomic mass is 9.81. The highest BCUT2D eigenvalue weighted by Crippen LogP contribution is 2.38. The number of thiophene rings is 1. The lowest BCUT2D eigenvalue weighted by molar-refractivity contribution is 0.00578. The summed E-state index contributed by atoms with van der Waals surface area (Å²) in [6.45, 7) is 10.3. The Bertz CT molecular complexity index is 1170. The number of carbonyl (C=O) groups excluding carboxylic acids is 1. The van der Waals surface area contributed by atoms with Crippen molar-refractivity contribution in [2.24, 2.45) is 0 Å². The third kappa shape index (κ3) is 3.11. The molecule has 1 saturated heterocycles. The maximum absolute atomic E-state index is 13.8. The van der Waals surface area contributed by atoms with Crippen LogP contribution in [0.2, 0.25) is 0 Å². The summed E-state index contributed by atoms with van der Waals surface area (Å²) in [5.74, 6) is -0.205. The Hall–Kier alpha value is -2.30. The molecular weight excluding hydrogens is 418 g/mol. The minimum Gasteiger partial charge on any atom is -0.398 e. The van der Waals surface area contributed by atoms with E-state index in [1.807, 2.05) is 34.6 Å². The lowest BCUT2D eigenvalue weighted by Crippen LogP contribution is -2.44. The van der Waals surface area contributed by atoms with Crippen molar-refractivity contribution in [1.82, 2.24) is 19.5 Å². The predicted molar refractivity (Wildman–Crippen MR) is 116 cm³/mol. The van der Waals surface area contributed by atoms with Gasteiger partial charge < -0.3 is 14.2 Å². The van der Waals surface area contributed by atoms with Crippen molar-refractivity contribution < 1.29 is 18.5 Å². The van der Waals surface area contributed by atoms with Crippen LogP contribution in [0.4, 0.5) is 4.39 Å². The Morgan fingerprint density at radius 2 is 2.00 bits per heavy atom. The van der Waals surface area contributed by atoms with Crippen molar-refractivity contribution in [2.45, 2.75) is 58.3 Å². The molecule has 0 unspecified atom stereocenters. The van der Waals surface area contributed by atoms with Crippen molar-refractivity contribution in [2.75, 3.05) is 6.54 Å². The second kappa shape index (κ2) is 6.85. The van der Waals surface area contributed by atoms with Gasteiger partial charge in [-0.05, 0) is 58.7 Å². The van der Waals surface area contributed by atoms with Crippen LogP contribution in [0.25, 0.3) is 5.65 Å². The van der Waals surface area contributed by atoms with Gasteiger partial charge in [0.1, 0.15) is 11.2 Å². The Kier molecular flexibility index (Phi) is 4.55. The van der Waals surface area contributed by atoms with E-state index in [9.17, 15) is 9.18 Å². The number of aromatic nitrogens is 3. The Morgan fingerprint density at radius 1 is 1.29 bits per heavy atom. The molecule has 0 aromatic carbocycles. The second-order valence-corrected chi connectivity index (χ2v) is 10.2. The van der Waals surface area contributed by atoms with E-state index < -0.39 is 18.3 Å². The average molecular weight is 442 g/mol. The van der Waals surface area contributed by atoms with Crippen molar-refractivity contribution >= 4 is 35.6 Å². The van der Waals surface area contributed by atoms with Crippen LogP contribution in [-0.2, 0) is 15.7 Å². The molecule has 10 heteroatoms. The SMILES string of the molecule is C[C@@H]1c2cc(F)sc2CCN1C(=O)c1c(B2OC(C)(C)C(C)(C)O2)nn2cccnc12. The van der Waals surface area contributed by atoms with E-state index in [0.29, 0.717) is 29.8 Å². The van der Waals surface area contributed by atoms with Gasteiger partial charge in [-0.1, -0.05) is 0 Å². The molecule has 2 aliphatic heterocycles. The zero-order chi connectivity index (χ0) is 22.1. The van der Waals surface area contributed by atoms with Crippen molar-refractivity contribution in [3.63, 3.8) is 0 Å². The number of hydrogen-bond acceptors (Lipinski definition) is 6. The number of fused-ring (bicyclic) bond motifs is 2. The van der Waals surface area contributed by atoms with Crippen molar-refractivity contribution in [3.05, 3.63) is 45.7 Å². The van der Waals surface area contributed by atoms with E-state index in [-0.39, 0.29) is 17.1 Å². The highest BCUT2D eigenvalue weighted by atomic mass is 32.1. The van der Waals surface area contributed by atoms with Crippen molar-refractivity contribution in [1.29, 1.82) is 0 Å². The molecule has 0 spiro atoms. The average Bonchev–Trinajstić information content (AvgIpc) is 3.33. The molecule has 0 aliphatic carbocycles. The zero-order valence-corrected chi connectivity index (χ0v) is 19.0. The fraction of sp³-hybridized carbons (Fsp3) is 0.476. The molecule has 31 heavy (non-hydrogen) atoms. The van der Waals surface area contributed by atoms with Crippen LogP contribution in [0.1, 0.15) is 61.5 Å². The molecule has 3 aromatic rings. The summed E-state index contributed by atoms with van der Waals surface area (Å²) in [7, 11) is -0.792. The molecule has 0 saturated carbocycles. The summed E-state index contributed by atoms with van der Waals surface area (Å²) in [4.78, 5) is 21.0. The quantitative estimate of drug-likeness (QED) is 0.571. The van der Waals surface area contributed by atoms with Crippen LogP contribution in [0, 0.1) is 5.13 Å². The standard InChI is InChI=1S/C21H24BFN4O3S/c1-12-13-11-15(23)31-14(13)7-10-26(12)19(28)16-17(25-27-9-6-8-24-18(16)27)22-29-20(2,3)21(4,5)30-22/h6,8-9,11-12H,7,10H2,1-5H3/t12-/m1/s1. The third-order valence-electron chi connectivity index (χ3n) is 6.68. The van der Waals surface area contributed by atoms with E-state index >= 15 is 0 Å². The maximum atomic E-state index is 13.8. The minimum atomic E-state index is -0.792. The molecule has 0 radical (unpaired) electrons. The maximum Gasteiger partial charge on any atom is 0.517 e. The second-order valence-electron chi connectivity index (χ2n) is 9.09. The fourth-order valence-corrected chi connectivity index (χ4v) is 5.15. The largest absolute Gasteiger partial charge is 0.517 e. The first-order chi connectivity index (χ1) is 14.6. The van der Waals surface area contributed by atoms with E-state index in [1.165, 1.54) is 6.07 Å². The lowest BCUT2D eigenvalue weighted by Gasteiger charge is -2.33. The summed E-state index contributed by atoms with van der Waals surface area (Å²) in [5.41, 5.74) is 0.961. The number of hydrogen-bond donors (Lipinski definition) is 0. The molecule has 1 amide bonds. The third-order valence-corrected chi connectivity index (χ3v) is 7.68. The molecule has 1 atom stereocenters. The Balaban J connectivity index is 1.58. The van der Waals surface area contributed by atoms with Gasteiger partial charge in [0.2, 0.25) is 0 Å². The van der Waals surface area contributed by atoms with Gasteiger partial charge in [-0.2, -0.15) is 9.49 Å². The van der Waals surface area contributed by atoms with Gasteiger partial charge in [0.15, 0.2) is 10.8 Å². The molecule has 1 fully saturated rings. The highest BCUT2D eigenvalue weighted by Gasteiger charge is 2.54. The summed E-state index contributed by atoms with van der Waals surface area (Å²) >= 11 is 1.16. The molecule has 0 bridgehead atoms. The van der Waals surface area contributed by atoms with Gasteiger partial charge in [-0.3, -0.25) is 4.79 Å². The molecular formula is C21H24BFN4O3S. The normalized spacial score (nSPS) is 22.2. The molecule has 7 nitrogen and oxygen atoms in total. The first-order valence-corrected chi connectivity index (χ1v) is 11.2. The predicted octanol–water partition coefficient (Wildman–Crippen LogP) is 2.99. The van der Waals surface area contributed by atoms with Crippen LogP contribution in [0.15, 0.2) is 24.5 Å². The van der Waals surface area contributed by atoms with Gasteiger partial charge in [0.25, 0.3) is 5.91 Å². The van der Waals surface area contributed by atoms with Crippen LogP contribution in [0.3, 0.4) is 0 Å². The number of halogens is 1. The Labute approximate surface area is 184 Å². The zero-order valence-electron chi connectivity index (χ0n) is 18.2. The summed E-state index contributed by atoms with van der Waals surface area (Å²) in [6, 6.07) is 3.04. The summed E-state index contributed by atoms with van der Waals surface area (Å²) in [6.07, 6.45) is 4.01. The molecule has 0 N–H and O–H groups in total. The van der Waals surface area contributed by atoms with Crippen LogP contribution >= 0.6 is 11.3 Å². The smallest absolute Gasteiger partial charge is 0.398 e. The van der Waals surface area contributed by atoms with Gasteiger partial charge >= 0.3 is 7.12 Å². The fourth-order valence-electron chi connectivity index (χ4n) is 4.19.